The van der Waals surface area contributed by atoms with E-state index < -0.39 is 5.97 Å². The highest BCUT2D eigenvalue weighted by molar-refractivity contribution is 9.10. The van der Waals surface area contributed by atoms with Gasteiger partial charge in [-0.25, -0.2) is 4.79 Å². The molecule has 18 heavy (non-hydrogen) atoms. The van der Waals surface area contributed by atoms with Crippen LogP contribution in [0, 0.1) is 0 Å². The van der Waals surface area contributed by atoms with E-state index in [1.54, 1.807) is 12.1 Å². The molecule has 0 aliphatic heterocycles. The van der Waals surface area contributed by atoms with Gasteiger partial charge in [0.25, 0.3) is 0 Å². The van der Waals surface area contributed by atoms with Gasteiger partial charge in [-0.2, -0.15) is 0 Å². The number of carbonyl (C=O) groups is 1. The van der Waals surface area contributed by atoms with Crippen LogP contribution >= 0.6 is 15.9 Å². The van der Waals surface area contributed by atoms with E-state index in [-0.39, 0.29) is 0 Å². The van der Waals surface area contributed by atoms with E-state index in [4.69, 9.17) is 5.11 Å². The summed E-state index contributed by atoms with van der Waals surface area (Å²) in [7, 11) is 0. The Balaban J connectivity index is 1.98. The number of carboxylic acid groups (broad SMARTS) is 1. The molecule has 0 atom stereocenters. The predicted molar refractivity (Wildman–Crippen MR) is 76.1 cm³/mol. The first kappa shape index (κ1) is 13.1. The van der Waals surface area contributed by atoms with Crippen molar-refractivity contribution in [2.45, 2.75) is 25.7 Å². The first-order valence-electron chi connectivity index (χ1n) is 6.11. The normalized spacial score (nSPS) is 14.4. The van der Waals surface area contributed by atoms with Crippen LogP contribution in [0.4, 0.5) is 5.69 Å². The molecule has 0 radical (unpaired) electrons. The Labute approximate surface area is 115 Å². The molecule has 0 spiro atoms. The lowest BCUT2D eigenvalue weighted by Crippen LogP contribution is -2.08. The maximum absolute atomic E-state index is 11.1. The van der Waals surface area contributed by atoms with Gasteiger partial charge in [0.2, 0.25) is 0 Å². The van der Waals surface area contributed by atoms with Crippen molar-refractivity contribution < 1.29 is 9.90 Å². The Morgan fingerprint density at radius 1 is 1.44 bits per heavy atom. The van der Waals surface area contributed by atoms with E-state index in [0.29, 0.717) is 11.3 Å². The van der Waals surface area contributed by atoms with Crippen molar-refractivity contribution in [3.05, 3.63) is 39.9 Å². The number of carboxylic acids is 1. The van der Waals surface area contributed by atoms with Crippen LogP contribution in [0.2, 0.25) is 0 Å². The van der Waals surface area contributed by atoms with Crippen molar-refractivity contribution in [2.24, 2.45) is 0 Å². The molecular formula is C14H16BrNO2. The maximum Gasteiger partial charge on any atom is 0.337 e. The van der Waals surface area contributed by atoms with E-state index in [1.165, 1.54) is 24.8 Å². The largest absolute Gasteiger partial charge is 0.478 e. The first-order chi connectivity index (χ1) is 8.66. The number of nitrogens with one attached hydrogen (secondary N) is 1. The molecular weight excluding hydrogens is 294 g/mol. The number of anilines is 1. The molecule has 0 aromatic heterocycles. The second kappa shape index (κ2) is 6.05. The lowest BCUT2D eigenvalue weighted by molar-refractivity contribution is 0.0698. The first-order valence-corrected chi connectivity index (χ1v) is 6.91. The summed E-state index contributed by atoms with van der Waals surface area (Å²) >= 11 is 3.29. The van der Waals surface area contributed by atoms with Crippen molar-refractivity contribution in [3.63, 3.8) is 0 Å². The fraction of sp³-hybridized carbons (Fsp3) is 0.357. The van der Waals surface area contributed by atoms with E-state index in [2.05, 4.69) is 27.3 Å². The van der Waals surface area contributed by atoms with Gasteiger partial charge in [-0.15, -0.1) is 0 Å². The molecule has 1 aliphatic rings. The van der Waals surface area contributed by atoms with Crippen molar-refractivity contribution in [1.82, 2.24) is 0 Å². The summed E-state index contributed by atoms with van der Waals surface area (Å²) in [5.74, 6) is -0.904. The molecule has 2 N–H and O–H groups in total. The monoisotopic (exact) mass is 309 g/mol. The molecule has 1 aromatic carbocycles. The van der Waals surface area contributed by atoms with Gasteiger partial charge in [-0.3, -0.25) is 0 Å². The average molecular weight is 310 g/mol. The Morgan fingerprint density at radius 2 is 2.28 bits per heavy atom. The lowest BCUT2D eigenvalue weighted by atomic mass is 10.1. The quantitative estimate of drug-likeness (QED) is 0.806. The summed E-state index contributed by atoms with van der Waals surface area (Å²) in [6, 6.07) is 5.28. The standard InChI is InChI=1S/C14H16BrNO2/c15-11-5-6-13(12(9-11)14(17)18)16-8-7-10-3-1-2-4-10/h3,5-6,9,16H,1-2,4,7-8H2,(H,17,18). The summed E-state index contributed by atoms with van der Waals surface area (Å²) < 4.78 is 0.781. The molecule has 0 saturated heterocycles. The maximum atomic E-state index is 11.1. The topological polar surface area (TPSA) is 49.3 Å². The number of halogens is 1. The highest BCUT2D eigenvalue weighted by atomic mass is 79.9. The van der Waals surface area contributed by atoms with Gasteiger partial charge in [-0.05, 0) is 43.9 Å². The van der Waals surface area contributed by atoms with Crippen molar-refractivity contribution in [2.75, 3.05) is 11.9 Å². The summed E-state index contributed by atoms with van der Waals surface area (Å²) in [6.07, 6.45) is 6.92. The number of hydrogen-bond acceptors (Lipinski definition) is 2. The van der Waals surface area contributed by atoms with Gasteiger partial charge < -0.3 is 10.4 Å². The van der Waals surface area contributed by atoms with E-state index in [0.717, 1.165) is 17.4 Å². The highest BCUT2D eigenvalue weighted by Gasteiger charge is 2.10. The molecule has 96 valence electrons. The molecule has 0 fully saturated rings. The Morgan fingerprint density at radius 3 is 2.94 bits per heavy atom. The van der Waals surface area contributed by atoms with E-state index in [9.17, 15) is 4.79 Å². The third-order valence-corrected chi connectivity index (χ3v) is 3.60. The van der Waals surface area contributed by atoms with Gasteiger partial charge in [0.05, 0.1) is 5.56 Å². The predicted octanol–water partition coefficient (Wildman–Crippen LogP) is 4.06. The Bertz CT molecular complexity index is 483. The minimum absolute atomic E-state index is 0.310. The molecule has 4 heteroatoms. The van der Waals surface area contributed by atoms with Gasteiger partial charge in [0, 0.05) is 16.7 Å². The summed E-state index contributed by atoms with van der Waals surface area (Å²) in [5.41, 5.74) is 2.48. The number of hydrogen-bond donors (Lipinski definition) is 2. The molecule has 0 heterocycles. The average Bonchev–Trinajstić information content (AvgIpc) is 2.84. The third kappa shape index (κ3) is 3.35. The second-order valence-corrected chi connectivity index (χ2v) is 5.34. The van der Waals surface area contributed by atoms with Crippen molar-refractivity contribution in [1.29, 1.82) is 0 Å². The summed E-state index contributed by atoms with van der Waals surface area (Å²) in [4.78, 5) is 11.1. The van der Waals surface area contributed by atoms with Crippen LogP contribution in [0.15, 0.2) is 34.3 Å². The molecule has 0 saturated carbocycles. The van der Waals surface area contributed by atoms with Crippen molar-refractivity contribution in [3.8, 4) is 0 Å². The zero-order valence-corrected chi connectivity index (χ0v) is 11.7. The van der Waals surface area contributed by atoms with Crippen LogP contribution in [-0.2, 0) is 0 Å². The molecule has 1 aromatic rings. The van der Waals surface area contributed by atoms with Crippen LogP contribution in [0.1, 0.15) is 36.0 Å². The lowest BCUT2D eigenvalue weighted by Gasteiger charge is -2.10. The van der Waals surface area contributed by atoms with Crippen LogP contribution in [-0.4, -0.2) is 17.6 Å². The zero-order chi connectivity index (χ0) is 13.0. The van der Waals surface area contributed by atoms with E-state index >= 15 is 0 Å². The highest BCUT2D eigenvalue weighted by Crippen LogP contribution is 2.23. The molecule has 1 aliphatic carbocycles. The van der Waals surface area contributed by atoms with Gasteiger partial charge in [0.15, 0.2) is 0 Å². The zero-order valence-electron chi connectivity index (χ0n) is 10.1. The Kier molecular flexibility index (Phi) is 4.42. The van der Waals surface area contributed by atoms with Crippen LogP contribution in [0.25, 0.3) is 0 Å². The molecule has 0 unspecified atom stereocenters. The van der Waals surface area contributed by atoms with Gasteiger partial charge in [-0.1, -0.05) is 27.6 Å². The number of allylic oxidation sites excluding steroid dienone is 1. The van der Waals surface area contributed by atoms with E-state index in [1.807, 2.05) is 6.07 Å². The van der Waals surface area contributed by atoms with Crippen LogP contribution < -0.4 is 5.32 Å². The minimum atomic E-state index is -0.904. The third-order valence-electron chi connectivity index (χ3n) is 3.11. The minimum Gasteiger partial charge on any atom is -0.478 e. The summed E-state index contributed by atoms with van der Waals surface area (Å²) in [5, 5.41) is 12.3. The van der Waals surface area contributed by atoms with Crippen molar-refractivity contribution >= 4 is 27.6 Å². The molecule has 3 nitrogen and oxygen atoms in total. The number of benzene rings is 1. The second-order valence-electron chi connectivity index (χ2n) is 4.43. The van der Waals surface area contributed by atoms with Gasteiger partial charge >= 0.3 is 5.97 Å². The SMILES string of the molecule is O=C(O)c1cc(Br)ccc1NCCC1=CCCC1. The fourth-order valence-corrected chi connectivity index (χ4v) is 2.53. The summed E-state index contributed by atoms with van der Waals surface area (Å²) in [6.45, 7) is 0.785. The molecule has 2 rings (SSSR count). The molecule has 0 amide bonds. The van der Waals surface area contributed by atoms with Gasteiger partial charge in [0.1, 0.15) is 0 Å². The fourth-order valence-electron chi connectivity index (χ4n) is 2.17. The molecule has 0 bridgehead atoms. The number of aromatic carboxylic acids is 1. The Hall–Kier alpha value is -1.29. The van der Waals surface area contributed by atoms with Crippen LogP contribution in [0.5, 0.6) is 0 Å². The smallest absolute Gasteiger partial charge is 0.337 e. The number of rotatable bonds is 5. The van der Waals surface area contributed by atoms with Crippen LogP contribution in [0.3, 0.4) is 0 Å².